The molecule has 0 saturated carbocycles. The van der Waals surface area contributed by atoms with Crippen molar-refractivity contribution in [3.63, 3.8) is 0 Å². The van der Waals surface area contributed by atoms with E-state index < -0.39 is 0 Å². The molecule has 122 valence electrons. The van der Waals surface area contributed by atoms with Crippen LogP contribution in [0.1, 0.15) is 0 Å². The Hall–Kier alpha value is -2.98. The molecule has 25 heavy (non-hydrogen) atoms. The third kappa shape index (κ3) is 3.30. The van der Waals surface area contributed by atoms with E-state index in [1.807, 2.05) is 78.2 Å². The summed E-state index contributed by atoms with van der Waals surface area (Å²) in [5.74, 6) is -0.352. The maximum absolute atomic E-state index is 15.1. The van der Waals surface area contributed by atoms with Crippen molar-refractivity contribution in [2.24, 2.45) is 0 Å². The zero-order valence-corrected chi connectivity index (χ0v) is 14.1. The van der Waals surface area contributed by atoms with Crippen molar-refractivity contribution in [1.82, 2.24) is 4.98 Å². The van der Waals surface area contributed by atoms with Crippen molar-refractivity contribution in [3.05, 3.63) is 90.1 Å². The average Bonchev–Trinajstić information content (AvgIpc) is 3.20. The summed E-state index contributed by atoms with van der Waals surface area (Å²) >= 11 is 1.59. The van der Waals surface area contributed by atoms with Gasteiger partial charge in [-0.1, -0.05) is 54.6 Å². The summed E-state index contributed by atoms with van der Waals surface area (Å²) in [6.45, 7) is 0. The molecule has 0 amide bonds. The number of rotatable bonds is 4. The number of anilines is 2. The SMILES string of the molecule is Fc1c(Nc2ccccc2)cc(-c2cccs2)nc1-c1ccccc1. The van der Waals surface area contributed by atoms with Crippen LogP contribution in [0.15, 0.2) is 84.2 Å². The van der Waals surface area contributed by atoms with Crippen LogP contribution in [-0.2, 0) is 0 Å². The number of hydrogen-bond donors (Lipinski definition) is 1. The molecule has 0 unspecified atom stereocenters. The van der Waals surface area contributed by atoms with Gasteiger partial charge in [0.05, 0.1) is 16.3 Å². The average molecular weight is 346 g/mol. The predicted molar refractivity (Wildman–Crippen MR) is 103 cm³/mol. The van der Waals surface area contributed by atoms with Gasteiger partial charge >= 0.3 is 0 Å². The van der Waals surface area contributed by atoms with Crippen molar-refractivity contribution in [2.45, 2.75) is 0 Å². The van der Waals surface area contributed by atoms with Crippen molar-refractivity contribution >= 4 is 22.7 Å². The first-order valence-corrected chi connectivity index (χ1v) is 8.81. The Labute approximate surface area is 149 Å². The number of benzene rings is 2. The smallest absolute Gasteiger partial charge is 0.172 e. The van der Waals surface area contributed by atoms with Gasteiger partial charge in [0.2, 0.25) is 0 Å². The van der Waals surface area contributed by atoms with Gasteiger partial charge in [-0.2, -0.15) is 0 Å². The van der Waals surface area contributed by atoms with E-state index in [1.165, 1.54) is 0 Å². The lowest BCUT2D eigenvalue weighted by atomic mass is 10.1. The molecule has 0 saturated heterocycles. The highest BCUT2D eigenvalue weighted by atomic mass is 32.1. The van der Waals surface area contributed by atoms with Gasteiger partial charge in [-0.3, -0.25) is 0 Å². The van der Waals surface area contributed by atoms with Crippen LogP contribution < -0.4 is 5.32 Å². The molecular weight excluding hydrogens is 331 g/mol. The van der Waals surface area contributed by atoms with Gasteiger partial charge in [-0.25, -0.2) is 9.37 Å². The van der Waals surface area contributed by atoms with E-state index in [-0.39, 0.29) is 5.82 Å². The molecule has 0 atom stereocenters. The van der Waals surface area contributed by atoms with Crippen molar-refractivity contribution in [1.29, 1.82) is 0 Å². The van der Waals surface area contributed by atoms with Gasteiger partial charge < -0.3 is 5.32 Å². The fourth-order valence-corrected chi connectivity index (χ4v) is 3.32. The molecule has 0 fully saturated rings. The molecule has 1 N–H and O–H groups in total. The number of hydrogen-bond acceptors (Lipinski definition) is 3. The fourth-order valence-electron chi connectivity index (χ4n) is 2.64. The minimum absolute atomic E-state index is 0.352. The molecule has 4 aromatic rings. The quantitative estimate of drug-likeness (QED) is 0.465. The van der Waals surface area contributed by atoms with Crippen LogP contribution >= 0.6 is 11.3 Å². The van der Waals surface area contributed by atoms with E-state index in [0.717, 1.165) is 21.8 Å². The summed E-state index contributed by atoms with van der Waals surface area (Å²) < 4.78 is 15.1. The number of thiophene rings is 1. The Balaban J connectivity index is 1.86. The first-order valence-electron chi connectivity index (χ1n) is 7.93. The van der Waals surface area contributed by atoms with E-state index in [2.05, 4.69) is 10.3 Å². The molecule has 0 aliphatic carbocycles. The Morgan fingerprint density at radius 2 is 1.56 bits per heavy atom. The number of nitrogens with one attached hydrogen (secondary N) is 1. The lowest BCUT2D eigenvalue weighted by Crippen LogP contribution is -2.00. The molecule has 0 bridgehead atoms. The first-order chi connectivity index (χ1) is 12.3. The number of para-hydroxylation sites is 1. The zero-order chi connectivity index (χ0) is 17.1. The van der Waals surface area contributed by atoms with Gasteiger partial charge in [0, 0.05) is 11.3 Å². The third-order valence-electron chi connectivity index (χ3n) is 3.83. The summed E-state index contributed by atoms with van der Waals surface area (Å²) in [7, 11) is 0. The third-order valence-corrected chi connectivity index (χ3v) is 4.72. The zero-order valence-electron chi connectivity index (χ0n) is 13.3. The number of nitrogens with zero attached hydrogens (tertiary/aromatic N) is 1. The Bertz CT molecular complexity index is 968. The molecule has 2 aromatic carbocycles. The van der Waals surface area contributed by atoms with Gasteiger partial charge in [-0.15, -0.1) is 11.3 Å². The molecule has 2 aromatic heterocycles. The van der Waals surface area contributed by atoms with Gasteiger partial charge in [0.25, 0.3) is 0 Å². The second-order valence-corrected chi connectivity index (χ2v) is 6.50. The molecule has 4 heteroatoms. The highest BCUT2D eigenvalue weighted by molar-refractivity contribution is 7.13. The second-order valence-electron chi connectivity index (χ2n) is 5.55. The molecule has 2 nitrogen and oxygen atoms in total. The van der Waals surface area contributed by atoms with E-state index >= 15 is 4.39 Å². The normalized spacial score (nSPS) is 10.6. The second kappa shape index (κ2) is 6.87. The Kier molecular flexibility index (Phi) is 4.27. The van der Waals surface area contributed by atoms with Crippen LogP contribution in [0.2, 0.25) is 0 Å². The standard InChI is InChI=1S/C21H15FN2S/c22-20-18(23-16-10-5-2-6-11-16)14-17(19-12-7-13-25-19)24-21(20)15-8-3-1-4-9-15/h1-14H,(H,23,24). The molecule has 4 rings (SSSR count). The van der Waals surface area contributed by atoms with E-state index in [4.69, 9.17) is 0 Å². The van der Waals surface area contributed by atoms with Crippen molar-refractivity contribution in [2.75, 3.05) is 5.32 Å². The minimum Gasteiger partial charge on any atom is -0.353 e. The van der Waals surface area contributed by atoms with Crippen molar-refractivity contribution < 1.29 is 4.39 Å². The van der Waals surface area contributed by atoms with Crippen LogP contribution in [0.3, 0.4) is 0 Å². The number of aromatic nitrogens is 1. The maximum atomic E-state index is 15.1. The van der Waals surface area contributed by atoms with Crippen LogP contribution in [0, 0.1) is 5.82 Å². The largest absolute Gasteiger partial charge is 0.353 e. The summed E-state index contributed by atoms with van der Waals surface area (Å²) in [5, 5.41) is 5.17. The summed E-state index contributed by atoms with van der Waals surface area (Å²) in [6, 6.07) is 24.7. The lowest BCUT2D eigenvalue weighted by molar-refractivity contribution is 0.630. The maximum Gasteiger partial charge on any atom is 0.172 e. The van der Waals surface area contributed by atoms with Crippen LogP contribution in [0.25, 0.3) is 21.8 Å². The van der Waals surface area contributed by atoms with Crippen LogP contribution in [0.4, 0.5) is 15.8 Å². The molecule has 0 aliphatic heterocycles. The van der Waals surface area contributed by atoms with Crippen LogP contribution in [0.5, 0.6) is 0 Å². The first kappa shape index (κ1) is 15.5. The molecular formula is C21H15FN2S. The topological polar surface area (TPSA) is 24.9 Å². The van der Waals surface area contributed by atoms with Crippen LogP contribution in [-0.4, -0.2) is 4.98 Å². The summed E-state index contributed by atoms with van der Waals surface area (Å²) in [6.07, 6.45) is 0. The molecule has 2 heterocycles. The number of halogens is 1. The predicted octanol–water partition coefficient (Wildman–Crippen LogP) is 6.36. The highest BCUT2D eigenvalue weighted by Crippen LogP contribution is 2.33. The molecule has 0 radical (unpaired) electrons. The van der Waals surface area contributed by atoms with Gasteiger partial charge in [0.1, 0.15) is 5.69 Å². The Morgan fingerprint density at radius 3 is 2.24 bits per heavy atom. The van der Waals surface area contributed by atoms with E-state index in [0.29, 0.717) is 11.4 Å². The van der Waals surface area contributed by atoms with Gasteiger partial charge in [0.15, 0.2) is 5.82 Å². The fraction of sp³-hybridized carbons (Fsp3) is 0. The lowest BCUT2D eigenvalue weighted by Gasteiger charge is -2.13. The van der Waals surface area contributed by atoms with E-state index in [9.17, 15) is 0 Å². The van der Waals surface area contributed by atoms with Gasteiger partial charge in [-0.05, 0) is 29.6 Å². The monoisotopic (exact) mass is 346 g/mol. The molecule has 0 spiro atoms. The molecule has 0 aliphatic rings. The Morgan fingerprint density at radius 1 is 0.840 bits per heavy atom. The number of pyridine rings is 1. The minimum atomic E-state index is -0.352. The van der Waals surface area contributed by atoms with Crippen molar-refractivity contribution in [3.8, 4) is 21.8 Å². The summed E-state index contributed by atoms with van der Waals surface area (Å²) in [5.41, 5.74) is 3.13. The van der Waals surface area contributed by atoms with E-state index in [1.54, 1.807) is 17.4 Å². The highest BCUT2D eigenvalue weighted by Gasteiger charge is 2.16. The summed E-state index contributed by atoms with van der Waals surface area (Å²) in [4.78, 5) is 5.59.